The molecule has 72 valence electrons. The van der Waals surface area contributed by atoms with Gasteiger partial charge in [-0.1, -0.05) is 0 Å². The summed E-state index contributed by atoms with van der Waals surface area (Å²) in [5.74, 6) is 0. The topological polar surface area (TPSA) is 20.2 Å². The number of rotatable bonds is 1. The molecule has 0 fully saturated rings. The smallest absolute Gasteiger partial charge is 0.394 e. The van der Waals surface area contributed by atoms with Crippen molar-refractivity contribution in [2.24, 2.45) is 0 Å². The van der Waals surface area contributed by atoms with Gasteiger partial charge in [0.15, 0.2) is 0 Å². The van der Waals surface area contributed by atoms with E-state index in [9.17, 15) is 0 Å². The number of aliphatic hydroxyl groups is 1. The van der Waals surface area contributed by atoms with Crippen molar-refractivity contribution in [3.05, 3.63) is 60.2 Å². The minimum absolute atomic E-state index is 0. The molecule has 2 aromatic rings. The van der Waals surface area contributed by atoms with E-state index in [1.807, 2.05) is 54.6 Å². The van der Waals surface area contributed by atoms with Crippen LogP contribution in [-0.4, -0.2) is 5.11 Å². The molecule has 0 saturated heterocycles. The Kier molecular flexibility index (Phi) is 7.28. The third kappa shape index (κ3) is 5.40. The summed E-state index contributed by atoms with van der Waals surface area (Å²) >= 11 is 0. The van der Waals surface area contributed by atoms with Crippen molar-refractivity contribution < 1.29 is 21.6 Å². The van der Waals surface area contributed by atoms with Crippen molar-refractivity contribution in [3.8, 4) is 0 Å². The van der Waals surface area contributed by atoms with Crippen LogP contribution in [0.5, 0.6) is 0 Å². The van der Waals surface area contributed by atoms with Gasteiger partial charge in [-0.3, -0.25) is 0 Å². The van der Waals surface area contributed by atoms with Gasteiger partial charge in [0.2, 0.25) is 0 Å². The summed E-state index contributed by atoms with van der Waals surface area (Å²) in [6, 6.07) is 17.6. The molecular weight excluding hydrogens is 207 g/mol. The quantitative estimate of drug-likeness (QED) is 0.576. The predicted molar refractivity (Wildman–Crippen MR) is 50.0 cm³/mol. The zero-order chi connectivity index (χ0) is 8.65. The van der Waals surface area contributed by atoms with E-state index in [0.717, 1.165) is 5.56 Å². The van der Waals surface area contributed by atoms with Gasteiger partial charge < -0.3 is 5.11 Å². The first kappa shape index (κ1) is 12.2. The van der Waals surface area contributed by atoms with Crippen LogP contribution in [-0.2, 0) is 23.1 Å². The molecule has 0 aliphatic carbocycles. The second-order valence-corrected chi connectivity index (χ2v) is 2.41. The largest absolute Gasteiger partial charge is 2.00 e. The molecule has 0 radical (unpaired) electrons. The number of aliphatic hydroxyl groups excluding tert-OH is 1. The normalized spacial score (nSPS) is 8.08. The van der Waals surface area contributed by atoms with Crippen LogP contribution >= 0.6 is 0 Å². The van der Waals surface area contributed by atoms with E-state index >= 15 is 0 Å². The molecule has 2 aromatic carbocycles. The molecule has 0 atom stereocenters. The molecule has 13 heavy (non-hydrogen) atoms. The van der Waals surface area contributed by atoms with Crippen LogP contribution in [0.15, 0.2) is 54.6 Å². The van der Waals surface area contributed by atoms with E-state index in [4.69, 9.17) is 5.11 Å². The zero-order valence-electron chi connectivity index (χ0n) is 7.17. The standard InChI is InChI=1S/C6H7O.C5H5.Ni/c7-5-6-3-1-2-4-6;1-2-4-5-3-1;/h1-4,7H,5H2;1-5H;/q2*-1;+2. The van der Waals surface area contributed by atoms with Gasteiger partial charge in [0.25, 0.3) is 0 Å². The Bertz CT molecular complexity index is 241. The van der Waals surface area contributed by atoms with Crippen LogP contribution in [0.2, 0.25) is 0 Å². The minimum atomic E-state index is 0. The maximum Gasteiger partial charge on any atom is 2.00 e. The Labute approximate surface area is 88.7 Å². The van der Waals surface area contributed by atoms with Gasteiger partial charge in [-0.15, -0.1) is 5.56 Å². The predicted octanol–water partition coefficient (Wildman–Crippen LogP) is 2.30. The first-order valence-corrected chi connectivity index (χ1v) is 3.91. The van der Waals surface area contributed by atoms with Gasteiger partial charge in [0, 0.05) is 6.61 Å². The molecule has 1 N–H and O–H groups in total. The Hall–Kier alpha value is -0.846. The van der Waals surface area contributed by atoms with Crippen molar-refractivity contribution in [3.63, 3.8) is 0 Å². The molecule has 0 aromatic heterocycles. The van der Waals surface area contributed by atoms with E-state index in [-0.39, 0.29) is 23.1 Å². The van der Waals surface area contributed by atoms with E-state index in [1.165, 1.54) is 0 Å². The second-order valence-electron chi connectivity index (χ2n) is 2.41. The summed E-state index contributed by atoms with van der Waals surface area (Å²) in [7, 11) is 0. The van der Waals surface area contributed by atoms with E-state index in [1.54, 1.807) is 0 Å². The SMILES string of the molecule is OCc1ccc[cH-]1.[Ni+2].c1cc[cH-]c1. The molecule has 0 aliphatic rings. The average Bonchev–Trinajstić information content (AvgIpc) is 2.81. The van der Waals surface area contributed by atoms with Gasteiger partial charge in [-0.2, -0.15) is 30.3 Å². The first-order valence-electron chi connectivity index (χ1n) is 3.91. The van der Waals surface area contributed by atoms with Gasteiger partial charge in [0.1, 0.15) is 0 Å². The van der Waals surface area contributed by atoms with Crippen LogP contribution in [0.1, 0.15) is 5.56 Å². The molecular formula is C11H12NiO. The Morgan fingerprint density at radius 2 is 1.77 bits per heavy atom. The van der Waals surface area contributed by atoms with Crippen LogP contribution in [0.3, 0.4) is 0 Å². The van der Waals surface area contributed by atoms with Crippen LogP contribution in [0.4, 0.5) is 0 Å². The van der Waals surface area contributed by atoms with Crippen LogP contribution < -0.4 is 0 Å². The first-order chi connectivity index (χ1) is 5.93. The fraction of sp³-hybridized carbons (Fsp3) is 0.0909. The van der Waals surface area contributed by atoms with Gasteiger partial charge in [0.05, 0.1) is 0 Å². The molecule has 2 heteroatoms. The molecule has 0 bridgehead atoms. The van der Waals surface area contributed by atoms with Crippen LogP contribution in [0.25, 0.3) is 0 Å². The van der Waals surface area contributed by atoms with Crippen molar-refractivity contribution in [1.29, 1.82) is 0 Å². The van der Waals surface area contributed by atoms with E-state index < -0.39 is 0 Å². The third-order valence-corrected chi connectivity index (χ3v) is 1.47. The van der Waals surface area contributed by atoms with E-state index in [2.05, 4.69) is 0 Å². The summed E-state index contributed by atoms with van der Waals surface area (Å²) in [4.78, 5) is 0. The Balaban J connectivity index is 0.000000215. The molecule has 0 amide bonds. The van der Waals surface area contributed by atoms with Crippen molar-refractivity contribution in [2.75, 3.05) is 0 Å². The average molecular weight is 219 g/mol. The maximum absolute atomic E-state index is 8.43. The molecule has 0 saturated carbocycles. The number of hydrogen-bond acceptors (Lipinski definition) is 1. The Morgan fingerprint density at radius 1 is 1.08 bits per heavy atom. The Morgan fingerprint density at radius 3 is 2.00 bits per heavy atom. The molecule has 0 heterocycles. The van der Waals surface area contributed by atoms with Crippen molar-refractivity contribution >= 4 is 0 Å². The number of hydrogen-bond donors (Lipinski definition) is 1. The molecule has 0 unspecified atom stereocenters. The van der Waals surface area contributed by atoms with Gasteiger partial charge >= 0.3 is 16.5 Å². The fourth-order valence-corrected chi connectivity index (χ4v) is 0.840. The van der Waals surface area contributed by atoms with Crippen LogP contribution in [0, 0.1) is 0 Å². The van der Waals surface area contributed by atoms with E-state index in [0.29, 0.717) is 0 Å². The minimum Gasteiger partial charge on any atom is -0.394 e. The molecule has 0 aliphatic heterocycles. The second kappa shape index (κ2) is 7.78. The maximum atomic E-state index is 8.43. The van der Waals surface area contributed by atoms with Crippen molar-refractivity contribution in [1.82, 2.24) is 0 Å². The van der Waals surface area contributed by atoms with Crippen molar-refractivity contribution in [2.45, 2.75) is 6.61 Å². The zero-order valence-corrected chi connectivity index (χ0v) is 8.15. The monoisotopic (exact) mass is 218 g/mol. The summed E-state index contributed by atoms with van der Waals surface area (Å²) in [5.41, 5.74) is 0.986. The fourth-order valence-electron chi connectivity index (χ4n) is 0.840. The third-order valence-electron chi connectivity index (χ3n) is 1.47. The molecule has 2 rings (SSSR count). The molecule has 0 spiro atoms. The van der Waals surface area contributed by atoms with Gasteiger partial charge in [-0.25, -0.2) is 24.3 Å². The summed E-state index contributed by atoms with van der Waals surface area (Å²) in [6.07, 6.45) is 0. The molecule has 1 nitrogen and oxygen atoms in total. The summed E-state index contributed by atoms with van der Waals surface area (Å²) in [5, 5.41) is 8.43. The summed E-state index contributed by atoms with van der Waals surface area (Å²) < 4.78 is 0. The van der Waals surface area contributed by atoms with Gasteiger partial charge in [-0.05, 0) is 0 Å². The summed E-state index contributed by atoms with van der Waals surface area (Å²) in [6.45, 7) is 0.160.